The van der Waals surface area contributed by atoms with Crippen LogP contribution in [0, 0.1) is 13.8 Å². The Morgan fingerprint density at radius 1 is 1.12 bits per heavy atom. The summed E-state index contributed by atoms with van der Waals surface area (Å²) in [5.41, 5.74) is 14.8. The molecule has 3 heterocycles. The number of rotatable bonds is 7. The predicted octanol–water partition coefficient (Wildman–Crippen LogP) is 5.02. The number of carbonyl (C=O) groups is 1. The molecule has 0 bridgehead atoms. The van der Waals surface area contributed by atoms with Crippen molar-refractivity contribution in [1.29, 1.82) is 0 Å². The maximum atomic E-state index is 13.7. The minimum absolute atomic E-state index is 0.0758. The summed E-state index contributed by atoms with van der Waals surface area (Å²) in [6, 6.07) is 10.0. The smallest absolute Gasteiger partial charge is 0.255 e. The molecular formula is C31H41N7O2. The van der Waals surface area contributed by atoms with Crippen LogP contribution in [0.25, 0.3) is 5.70 Å². The van der Waals surface area contributed by atoms with Crippen molar-refractivity contribution in [3.8, 4) is 5.75 Å². The minimum Gasteiger partial charge on any atom is -0.494 e. The van der Waals surface area contributed by atoms with E-state index in [9.17, 15) is 4.79 Å². The van der Waals surface area contributed by atoms with Crippen molar-refractivity contribution in [2.75, 3.05) is 30.5 Å². The molecule has 1 saturated heterocycles. The number of hydrazine groups is 2. The number of aryl methyl sites for hydroxylation is 2. The molecule has 40 heavy (non-hydrogen) atoms. The summed E-state index contributed by atoms with van der Waals surface area (Å²) in [4.78, 5) is 16.1. The highest BCUT2D eigenvalue weighted by Gasteiger charge is 2.24. The standard InChI is InChI=1S/C31H41N7O2/c1-20-10-11-22(15-28(20)38-19-27(34-35-38)25-17-32-36(6)21(25)2)30(39)33-26-16-24(31(3,4)5)14-23(29(26)40-7)18-37-12-8-9-13-37/h10-11,14-17,19,34-35H,8-9,12-13,18H2,1-7H3,(H,33,39). The third kappa shape index (κ3) is 5.57. The van der Waals surface area contributed by atoms with Gasteiger partial charge in [0, 0.05) is 42.2 Å². The molecule has 0 aliphatic carbocycles. The predicted molar refractivity (Wildman–Crippen MR) is 160 cm³/mol. The molecule has 3 aromatic rings. The molecular weight excluding hydrogens is 502 g/mol. The fourth-order valence-corrected chi connectivity index (χ4v) is 5.30. The number of hydrogen-bond acceptors (Lipinski definition) is 7. The average Bonchev–Trinajstić information content (AvgIpc) is 3.67. The molecule has 1 fully saturated rings. The molecule has 3 N–H and O–H groups in total. The van der Waals surface area contributed by atoms with Crippen LogP contribution in [0.2, 0.25) is 0 Å². The maximum absolute atomic E-state index is 13.7. The first kappa shape index (κ1) is 27.7. The molecule has 2 aliphatic rings. The molecule has 2 aromatic carbocycles. The Balaban J connectivity index is 1.43. The lowest BCUT2D eigenvalue weighted by molar-refractivity contribution is 0.102. The number of carbonyl (C=O) groups excluding carboxylic acids is 1. The van der Waals surface area contributed by atoms with Crippen LogP contribution in [0.3, 0.4) is 0 Å². The van der Waals surface area contributed by atoms with E-state index in [-0.39, 0.29) is 11.3 Å². The number of likely N-dealkylation sites (tertiary alicyclic amines) is 1. The van der Waals surface area contributed by atoms with Crippen molar-refractivity contribution in [2.24, 2.45) is 7.05 Å². The Hall–Kier alpha value is -3.82. The summed E-state index contributed by atoms with van der Waals surface area (Å²) >= 11 is 0. The van der Waals surface area contributed by atoms with Crippen molar-refractivity contribution in [1.82, 2.24) is 25.6 Å². The van der Waals surface area contributed by atoms with Crippen molar-refractivity contribution in [3.05, 3.63) is 76.2 Å². The van der Waals surface area contributed by atoms with Crippen molar-refractivity contribution in [3.63, 3.8) is 0 Å². The zero-order valence-corrected chi connectivity index (χ0v) is 24.7. The van der Waals surface area contributed by atoms with Gasteiger partial charge in [0.25, 0.3) is 5.91 Å². The summed E-state index contributed by atoms with van der Waals surface area (Å²) in [7, 11) is 3.60. The van der Waals surface area contributed by atoms with E-state index in [2.05, 4.69) is 59.2 Å². The number of anilines is 2. The fraction of sp³-hybridized carbons (Fsp3) is 0.419. The molecule has 0 saturated carbocycles. The summed E-state index contributed by atoms with van der Waals surface area (Å²) in [6.45, 7) is 13.6. The molecule has 0 radical (unpaired) electrons. The van der Waals surface area contributed by atoms with Crippen LogP contribution < -0.4 is 26.0 Å². The molecule has 2 aliphatic heterocycles. The minimum atomic E-state index is -0.183. The molecule has 0 atom stereocenters. The van der Waals surface area contributed by atoms with Crippen LogP contribution in [-0.4, -0.2) is 40.8 Å². The molecule has 1 amide bonds. The second-order valence-electron chi connectivity index (χ2n) is 11.8. The number of amides is 1. The van der Waals surface area contributed by atoms with Gasteiger partial charge in [-0.1, -0.05) is 32.9 Å². The molecule has 0 unspecified atom stereocenters. The van der Waals surface area contributed by atoms with Crippen LogP contribution >= 0.6 is 0 Å². The lowest BCUT2D eigenvalue weighted by Crippen LogP contribution is -2.36. The highest BCUT2D eigenvalue weighted by molar-refractivity contribution is 6.06. The largest absolute Gasteiger partial charge is 0.494 e. The van der Waals surface area contributed by atoms with Gasteiger partial charge in [-0.3, -0.25) is 19.4 Å². The Labute approximate surface area is 237 Å². The topological polar surface area (TPSA) is 86.7 Å². The molecule has 9 nitrogen and oxygen atoms in total. The van der Waals surface area contributed by atoms with Gasteiger partial charge in [-0.05, 0) is 74.5 Å². The first-order valence-electron chi connectivity index (χ1n) is 13.9. The van der Waals surface area contributed by atoms with E-state index in [1.165, 1.54) is 12.8 Å². The van der Waals surface area contributed by atoms with Crippen LogP contribution in [0.1, 0.15) is 71.9 Å². The average molecular weight is 544 g/mol. The van der Waals surface area contributed by atoms with Crippen molar-refractivity contribution >= 4 is 23.0 Å². The second kappa shape index (κ2) is 11.0. The van der Waals surface area contributed by atoms with E-state index in [4.69, 9.17) is 4.74 Å². The Bertz CT molecular complexity index is 1440. The first-order chi connectivity index (χ1) is 19.0. The van der Waals surface area contributed by atoms with Gasteiger partial charge in [0.2, 0.25) is 0 Å². The van der Waals surface area contributed by atoms with Crippen molar-refractivity contribution < 1.29 is 9.53 Å². The Morgan fingerprint density at radius 3 is 2.52 bits per heavy atom. The van der Waals surface area contributed by atoms with Gasteiger partial charge in [-0.2, -0.15) is 5.10 Å². The number of ether oxygens (including phenoxy) is 1. The highest BCUT2D eigenvalue weighted by atomic mass is 16.5. The second-order valence-corrected chi connectivity index (χ2v) is 11.8. The lowest BCUT2D eigenvalue weighted by Gasteiger charge is -2.25. The number of methoxy groups -OCH3 is 1. The van der Waals surface area contributed by atoms with Crippen LogP contribution in [0.5, 0.6) is 5.75 Å². The molecule has 5 rings (SSSR count). The quantitative estimate of drug-likeness (QED) is 0.386. The van der Waals surface area contributed by atoms with Gasteiger partial charge >= 0.3 is 0 Å². The summed E-state index contributed by atoms with van der Waals surface area (Å²) in [6.07, 6.45) is 6.27. The third-order valence-electron chi connectivity index (χ3n) is 7.90. The Kier molecular flexibility index (Phi) is 7.61. The van der Waals surface area contributed by atoms with Gasteiger partial charge in [0.15, 0.2) is 0 Å². The monoisotopic (exact) mass is 543 g/mol. The van der Waals surface area contributed by atoms with E-state index in [1.54, 1.807) is 7.11 Å². The molecule has 1 aromatic heterocycles. The van der Waals surface area contributed by atoms with Gasteiger partial charge in [-0.15, -0.1) is 5.53 Å². The SMILES string of the molecule is COc1c(CN2CCCC2)cc(C(C)(C)C)cc1NC(=O)c1ccc(C)c(N2C=C(c3cnn(C)c3C)NN2)c1. The highest BCUT2D eigenvalue weighted by Crippen LogP contribution is 2.37. The summed E-state index contributed by atoms with van der Waals surface area (Å²) in [5, 5.41) is 9.41. The third-order valence-corrected chi connectivity index (χ3v) is 7.90. The molecule has 0 spiro atoms. The van der Waals surface area contributed by atoms with E-state index in [0.717, 1.165) is 64.7 Å². The lowest BCUT2D eigenvalue weighted by atomic mass is 9.85. The Morgan fingerprint density at radius 2 is 1.88 bits per heavy atom. The first-order valence-corrected chi connectivity index (χ1v) is 13.9. The number of benzene rings is 2. The van der Waals surface area contributed by atoms with E-state index in [0.29, 0.717) is 11.3 Å². The van der Waals surface area contributed by atoms with Crippen LogP contribution in [0.4, 0.5) is 11.4 Å². The van der Waals surface area contributed by atoms with Crippen molar-refractivity contribution in [2.45, 2.75) is 59.4 Å². The van der Waals surface area contributed by atoms with E-state index in [1.807, 2.05) is 61.2 Å². The number of aromatic nitrogens is 2. The van der Waals surface area contributed by atoms with Gasteiger partial charge in [-0.25, -0.2) is 0 Å². The van der Waals surface area contributed by atoms with Gasteiger partial charge in [0.05, 0.1) is 30.4 Å². The van der Waals surface area contributed by atoms with Crippen LogP contribution in [-0.2, 0) is 19.0 Å². The summed E-state index contributed by atoms with van der Waals surface area (Å²) in [5.74, 6) is 0.544. The van der Waals surface area contributed by atoms with E-state index >= 15 is 0 Å². The van der Waals surface area contributed by atoms with Crippen LogP contribution in [0.15, 0.2) is 42.7 Å². The number of nitrogens with one attached hydrogen (secondary N) is 3. The molecule has 212 valence electrons. The van der Waals surface area contributed by atoms with E-state index < -0.39 is 0 Å². The molecule has 9 heteroatoms. The number of hydrogen-bond donors (Lipinski definition) is 3. The maximum Gasteiger partial charge on any atom is 0.255 e. The normalized spacial score (nSPS) is 15.8. The summed E-state index contributed by atoms with van der Waals surface area (Å²) < 4.78 is 7.74. The van der Waals surface area contributed by atoms with Gasteiger partial charge < -0.3 is 15.5 Å². The fourth-order valence-electron chi connectivity index (χ4n) is 5.30. The zero-order valence-electron chi connectivity index (χ0n) is 24.7. The zero-order chi connectivity index (χ0) is 28.6. The van der Waals surface area contributed by atoms with Gasteiger partial charge in [0.1, 0.15) is 5.75 Å². The number of nitrogens with zero attached hydrogens (tertiary/aromatic N) is 4.